The first-order chi connectivity index (χ1) is 6.79. The van der Waals surface area contributed by atoms with Gasteiger partial charge in [0.25, 0.3) is 0 Å². The van der Waals surface area contributed by atoms with Gasteiger partial charge in [0, 0.05) is 6.04 Å². The fourth-order valence-corrected chi connectivity index (χ4v) is 1.35. The van der Waals surface area contributed by atoms with Crippen LogP contribution in [0.1, 0.15) is 24.4 Å². The van der Waals surface area contributed by atoms with Crippen LogP contribution in [-0.2, 0) is 0 Å². The zero-order valence-electron chi connectivity index (χ0n) is 7.70. The molecule has 0 spiro atoms. The minimum Gasteiger partial charge on any atom is -0.295 e. The number of rotatable bonds is 3. The predicted molar refractivity (Wildman–Crippen MR) is 50.9 cm³/mol. The standard InChI is InChI=1S/C11H11FN2/c12-9-3-1-8(2-4-9)11(7-13)14-10-5-6-10/h1-4,10-11,14H,5-6H2. The van der Waals surface area contributed by atoms with Crippen LogP contribution in [0.25, 0.3) is 0 Å². The minimum atomic E-state index is -0.303. The highest BCUT2D eigenvalue weighted by atomic mass is 19.1. The van der Waals surface area contributed by atoms with Gasteiger partial charge in [-0.25, -0.2) is 4.39 Å². The van der Waals surface area contributed by atoms with Gasteiger partial charge in [0.15, 0.2) is 0 Å². The van der Waals surface area contributed by atoms with Gasteiger partial charge in [-0.3, -0.25) is 5.32 Å². The molecule has 1 aromatic carbocycles. The lowest BCUT2D eigenvalue weighted by Gasteiger charge is -2.10. The van der Waals surface area contributed by atoms with E-state index in [0.29, 0.717) is 6.04 Å². The zero-order chi connectivity index (χ0) is 9.97. The summed E-state index contributed by atoms with van der Waals surface area (Å²) in [6, 6.07) is 8.42. The summed E-state index contributed by atoms with van der Waals surface area (Å²) in [7, 11) is 0. The lowest BCUT2D eigenvalue weighted by atomic mass is 10.1. The van der Waals surface area contributed by atoms with Crippen molar-refractivity contribution in [3.8, 4) is 6.07 Å². The fourth-order valence-electron chi connectivity index (χ4n) is 1.35. The van der Waals surface area contributed by atoms with Gasteiger partial charge in [-0.05, 0) is 30.5 Å². The van der Waals surface area contributed by atoms with Crippen LogP contribution in [0.2, 0.25) is 0 Å². The highest BCUT2D eigenvalue weighted by molar-refractivity contribution is 5.25. The van der Waals surface area contributed by atoms with Crippen LogP contribution in [-0.4, -0.2) is 6.04 Å². The highest BCUT2D eigenvalue weighted by Gasteiger charge is 2.25. The van der Waals surface area contributed by atoms with Crippen LogP contribution in [0.3, 0.4) is 0 Å². The normalized spacial score (nSPS) is 17.4. The van der Waals surface area contributed by atoms with Gasteiger partial charge in [-0.15, -0.1) is 0 Å². The Morgan fingerprint density at radius 3 is 2.50 bits per heavy atom. The molecule has 1 fully saturated rings. The third-order valence-corrected chi connectivity index (χ3v) is 2.31. The average Bonchev–Trinajstić information content (AvgIpc) is 3.00. The molecule has 1 unspecified atom stereocenters. The van der Waals surface area contributed by atoms with Crippen molar-refractivity contribution in [2.24, 2.45) is 0 Å². The third-order valence-electron chi connectivity index (χ3n) is 2.31. The van der Waals surface area contributed by atoms with E-state index in [0.717, 1.165) is 18.4 Å². The summed E-state index contributed by atoms with van der Waals surface area (Å²) in [5, 5.41) is 12.1. The lowest BCUT2D eigenvalue weighted by Crippen LogP contribution is -2.21. The Morgan fingerprint density at radius 2 is 2.00 bits per heavy atom. The van der Waals surface area contributed by atoms with Crippen LogP contribution in [0.4, 0.5) is 4.39 Å². The molecule has 1 N–H and O–H groups in total. The largest absolute Gasteiger partial charge is 0.295 e. The van der Waals surface area contributed by atoms with Crippen molar-refractivity contribution < 1.29 is 4.39 Å². The summed E-state index contributed by atoms with van der Waals surface area (Å²) in [6.45, 7) is 0. The number of benzene rings is 1. The molecule has 0 radical (unpaired) electrons. The van der Waals surface area contributed by atoms with E-state index in [9.17, 15) is 4.39 Å². The second-order valence-electron chi connectivity index (χ2n) is 3.55. The SMILES string of the molecule is N#CC(NC1CC1)c1ccc(F)cc1. The predicted octanol–water partition coefficient (Wildman–Crippen LogP) is 2.14. The summed E-state index contributed by atoms with van der Waals surface area (Å²) in [4.78, 5) is 0. The van der Waals surface area contributed by atoms with Gasteiger partial charge in [0.05, 0.1) is 6.07 Å². The van der Waals surface area contributed by atoms with Gasteiger partial charge in [0.1, 0.15) is 11.9 Å². The second-order valence-corrected chi connectivity index (χ2v) is 3.55. The van der Waals surface area contributed by atoms with E-state index < -0.39 is 0 Å². The van der Waals surface area contributed by atoms with Crippen molar-refractivity contribution in [1.82, 2.24) is 5.32 Å². The Labute approximate surface area is 82.4 Å². The molecule has 0 aliphatic heterocycles. The maximum atomic E-state index is 12.6. The van der Waals surface area contributed by atoms with Gasteiger partial charge >= 0.3 is 0 Å². The summed E-state index contributed by atoms with van der Waals surface area (Å²) < 4.78 is 12.6. The summed E-state index contributed by atoms with van der Waals surface area (Å²) in [5.74, 6) is -0.267. The average molecular weight is 190 g/mol. The van der Waals surface area contributed by atoms with E-state index in [2.05, 4.69) is 11.4 Å². The van der Waals surface area contributed by atoms with Crippen LogP contribution in [0.5, 0.6) is 0 Å². The number of nitrogens with zero attached hydrogens (tertiary/aromatic N) is 1. The Balaban J connectivity index is 2.10. The Bertz CT molecular complexity index is 349. The molecule has 1 aromatic rings. The lowest BCUT2D eigenvalue weighted by molar-refractivity contribution is 0.612. The number of nitriles is 1. The molecule has 14 heavy (non-hydrogen) atoms. The quantitative estimate of drug-likeness (QED) is 0.792. The first-order valence-corrected chi connectivity index (χ1v) is 4.71. The van der Waals surface area contributed by atoms with Crippen LogP contribution in [0, 0.1) is 17.1 Å². The summed E-state index contributed by atoms with van der Waals surface area (Å²) in [6.07, 6.45) is 2.28. The molecule has 1 saturated carbocycles. The molecule has 3 heteroatoms. The zero-order valence-corrected chi connectivity index (χ0v) is 7.70. The van der Waals surface area contributed by atoms with Crippen LogP contribution < -0.4 is 5.32 Å². The molecular weight excluding hydrogens is 179 g/mol. The monoisotopic (exact) mass is 190 g/mol. The van der Waals surface area contributed by atoms with Gasteiger partial charge in [0.2, 0.25) is 0 Å². The Kier molecular flexibility index (Phi) is 2.47. The van der Waals surface area contributed by atoms with E-state index in [1.165, 1.54) is 12.1 Å². The maximum Gasteiger partial charge on any atom is 0.123 e. The molecule has 0 heterocycles. The fraction of sp³-hybridized carbons (Fsp3) is 0.364. The van der Waals surface area contributed by atoms with E-state index in [1.807, 2.05) is 0 Å². The molecule has 2 rings (SSSR count). The van der Waals surface area contributed by atoms with Gasteiger partial charge in [-0.2, -0.15) is 5.26 Å². The van der Waals surface area contributed by atoms with E-state index >= 15 is 0 Å². The first-order valence-electron chi connectivity index (χ1n) is 4.71. The molecule has 1 atom stereocenters. The smallest absolute Gasteiger partial charge is 0.123 e. The Morgan fingerprint density at radius 1 is 1.36 bits per heavy atom. The summed E-state index contributed by atoms with van der Waals surface area (Å²) >= 11 is 0. The molecule has 0 amide bonds. The molecule has 72 valence electrons. The van der Waals surface area contributed by atoms with E-state index in [-0.39, 0.29) is 11.9 Å². The molecular formula is C11H11FN2. The van der Waals surface area contributed by atoms with Crippen molar-refractivity contribution in [3.63, 3.8) is 0 Å². The minimum absolute atomic E-state index is 0.267. The number of nitrogens with one attached hydrogen (secondary N) is 1. The number of hydrogen-bond acceptors (Lipinski definition) is 2. The Hall–Kier alpha value is -1.40. The molecule has 1 aliphatic rings. The molecule has 0 aromatic heterocycles. The topological polar surface area (TPSA) is 35.8 Å². The van der Waals surface area contributed by atoms with Crippen molar-refractivity contribution >= 4 is 0 Å². The first kappa shape index (κ1) is 9.17. The van der Waals surface area contributed by atoms with Crippen molar-refractivity contribution in [3.05, 3.63) is 35.6 Å². The van der Waals surface area contributed by atoms with E-state index in [4.69, 9.17) is 5.26 Å². The number of halogens is 1. The van der Waals surface area contributed by atoms with Crippen LogP contribution >= 0.6 is 0 Å². The van der Waals surface area contributed by atoms with Crippen LogP contribution in [0.15, 0.2) is 24.3 Å². The van der Waals surface area contributed by atoms with Crippen molar-refractivity contribution in [1.29, 1.82) is 5.26 Å². The molecule has 0 bridgehead atoms. The summed E-state index contributed by atoms with van der Waals surface area (Å²) in [5.41, 5.74) is 0.834. The molecule has 2 nitrogen and oxygen atoms in total. The van der Waals surface area contributed by atoms with Gasteiger partial charge in [-0.1, -0.05) is 12.1 Å². The molecule has 1 aliphatic carbocycles. The maximum absolute atomic E-state index is 12.6. The van der Waals surface area contributed by atoms with Crippen molar-refractivity contribution in [2.45, 2.75) is 24.9 Å². The third kappa shape index (κ3) is 2.09. The van der Waals surface area contributed by atoms with Gasteiger partial charge < -0.3 is 0 Å². The molecule has 0 saturated heterocycles. The number of hydrogen-bond donors (Lipinski definition) is 1. The van der Waals surface area contributed by atoms with E-state index in [1.54, 1.807) is 12.1 Å². The highest BCUT2D eigenvalue weighted by Crippen LogP contribution is 2.23. The second kappa shape index (κ2) is 3.77. The van der Waals surface area contributed by atoms with Crippen molar-refractivity contribution in [2.75, 3.05) is 0 Å².